The molecule has 0 radical (unpaired) electrons. The first-order valence-electron chi connectivity index (χ1n) is 7.50. The van der Waals surface area contributed by atoms with Crippen LogP contribution in [0.2, 0.25) is 0 Å². The van der Waals surface area contributed by atoms with Crippen LogP contribution in [-0.4, -0.2) is 15.9 Å². The molecule has 0 saturated carbocycles. The highest BCUT2D eigenvalue weighted by molar-refractivity contribution is 7.09. The molecule has 1 amide bonds. The van der Waals surface area contributed by atoms with Crippen LogP contribution in [0.25, 0.3) is 11.1 Å². The van der Waals surface area contributed by atoms with Gasteiger partial charge in [0.25, 0.3) is 11.5 Å². The molecule has 0 saturated heterocycles. The Morgan fingerprint density at radius 3 is 2.52 bits per heavy atom. The van der Waals surface area contributed by atoms with Crippen LogP contribution in [0.5, 0.6) is 5.75 Å². The number of rotatable bonds is 5. The summed E-state index contributed by atoms with van der Waals surface area (Å²) in [4.78, 5) is 29.5. The van der Waals surface area contributed by atoms with Crippen LogP contribution in [0.15, 0.2) is 46.8 Å². The third kappa shape index (κ3) is 4.17. The first-order valence-corrected chi connectivity index (χ1v) is 8.38. The highest BCUT2D eigenvalue weighted by Crippen LogP contribution is 2.35. The smallest absolute Gasteiger partial charge is 0.431 e. The molecule has 3 N–H and O–H groups in total. The van der Waals surface area contributed by atoms with Gasteiger partial charge in [-0.2, -0.15) is 13.2 Å². The average Bonchev–Trinajstić information content (AvgIpc) is 3.13. The molecule has 0 bridgehead atoms. The standard InChI is InChI=1S/C17H12F3N3O3S/c18-17(19,20)14-12(5-13(15(21)24)16(25)23-14)9-1-3-10(4-2-9)26-7-11-6-22-8-27-11/h1-6,8H,7H2,(H2,21,24)(H,23,25). The summed E-state index contributed by atoms with van der Waals surface area (Å²) in [6, 6.07) is 6.62. The number of carbonyl (C=O) groups excluding carboxylic acids is 1. The molecular formula is C17H12F3N3O3S. The summed E-state index contributed by atoms with van der Waals surface area (Å²) in [5, 5.41) is 0. The Balaban J connectivity index is 1.95. The van der Waals surface area contributed by atoms with Crippen LogP contribution in [0.1, 0.15) is 20.9 Å². The predicted octanol–water partition coefficient (Wildman–Crippen LogP) is 3.20. The van der Waals surface area contributed by atoms with Crippen molar-refractivity contribution in [3.05, 3.63) is 68.5 Å². The van der Waals surface area contributed by atoms with Crippen molar-refractivity contribution in [1.82, 2.24) is 9.97 Å². The number of benzene rings is 1. The van der Waals surface area contributed by atoms with Gasteiger partial charge in [0.2, 0.25) is 0 Å². The number of halogens is 3. The molecule has 10 heteroatoms. The summed E-state index contributed by atoms with van der Waals surface area (Å²) in [6.45, 7) is 0.280. The number of nitrogens with zero attached hydrogens (tertiary/aromatic N) is 1. The van der Waals surface area contributed by atoms with Gasteiger partial charge >= 0.3 is 6.18 Å². The van der Waals surface area contributed by atoms with Crippen LogP contribution in [0.3, 0.4) is 0 Å². The second-order valence-corrected chi connectivity index (χ2v) is 6.41. The van der Waals surface area contributed by atoms with Crippen LogP contribution < -0.4 is 16.0 Å². The minimum atomic E-state index is -4.81. The van der Waals surface area contributed by atoms with E-state index in [4.69, 9.17) is 10.5 Å². The van der Waals surface area contributed by atoms with Crippen LogP contribution >= 0.6 is 11.3 Å². The predicted molar refractivity (Wildman–Crippen MR) is 92.5 cm³/mol. The zero-order chi connectivity index (χ0) is 19.6. The van der Waals surface area contributed by atoms with Crippen LogP contribution in [-0.2, 0) is 12.8 Å². The number of carbonyl (C=O) groups is 1. The summed E-state index contributed by atoms with van der Waals surface area (Å²) in [5.41, 5.74) is 3.52. The fourth-order valence-corrected chi connectivity index (χ4v) is 2.87. The van der Waals surface area contributed by atoms with Crippen molar-refractivity contribution in [2.45, 2.75) is 12.8 Å². The van der Waals surface area contributed by atoms with Gasteiger partial charge in [-0.15, -0.1) is 11.3 Å². The van der Waals surface area contributed by atoms with Gasteiger partial charge in [0, 0.05) is 11.8 Å². The summed E-state index contributed by atoms with van der Waals surface area (Å²) in [7, 11) is 0. The van der Waals surface area contributed by atoms with Gasteiger partial charge in [0.1, 0.15) is 23.6 Å². The van der Waals surface area contributed by atoms with Crippen LogP contribution in [0, 0.1) is 0 Å². The lowest BCUT2D eigenvalue weighted by Crippen LogP contribution is -2.27. The van der Waals surface area contributed by atoms with Gasteiger partial charge in [0.15, 0.2) is 0 Å². The number of primary amides is 1. The Morgan fingerprint density at radius 2 is 1.96 bits per heavy atom. The fourth-order valence-electron chi connectivity index (χ4n) is 2.36. The minimum Gasteiger partial charge on any atom is -0.488 e. The van der Waals surface area contributed by atoms with Crippen molar-refractivity contribution < 1.29 is 22.7 Å². The van der Waals surface area contributed by atoms with E-state index in [1.165, 1.54) is 35.6 Å². The molecular weight excluding hydrogens is 383 g/mol. The quantitative estimate of drug-likeness (QED) is 0.693. The Morgan fingerprint density at radius 1 is 1.26 bits per heavy atom. The zero-order valence-corrected chi connectivity index (χ0v) is 14.4. The lowest BCUT2D eigenvalue weighted by Gasteiger charge is -2.14. The van der Waals surface area contributed by atoms with Crippen molar-refractivity contribution in [1.29, 1.82) is 0 Å². The number of pyridine rings is 1. The third-order valence-electron chi connectivity index (χ3n) is 3.62. The first-order chi connectivity index (χ1) is 12.8. The summed E-state index contributed by atoms with van der Waals surface area (Å²) < 4.78 is 45.4. The monoisotopic (exact) mass is 395 g/mol. The number of H-pyrrole nitrogens is 1. The molecule has 0 unspecified atom stereocenters. The third-order valence-corrected chi connectivity index (χ3v) is 4.37. The van der Waals surface area contributed by atoms with Crippen molar-refractivity contribution in [3.63, 3.8) is 0 Å². The molecule has 2 heterocycles. The number of nitrogens with one attached hydrogen (secondary N) is 1. The van der Waals surface area contributed by atoms with Gasteiger partial charge in [-0.3, -0.25) is 14.6 Å². The summed E-state index contributed by atoms with van der Waals surface area (Å²) >= 11 is 1.41. The van der Waals surface area contributed by atoms with Crippen molar-refractivity contribution in [2.75, 3.05) is 0 Å². The van der Waals surface area contributed by atoms with Gasteiger partial charge in [-0.25, -0.2) is 0 Å². The van der Waals surface area contributed by atoms with Crippen molar-refractivity contribution in [2.24, 2.45) is 5.73 Å². The Hall–Kier alpha value is -3.14. The number of hydrogen-bond donors (Lipinski definition) is 2. The van der Waals surface area contributed by atoms with E-state index in [1.54, 1.807) is 16.7 Å². The zero-order valence-electron chi connectivity index (χ0n) is 13.5. The molecule has 3 rings (SSSR count). The molecule has 0 aliphatic heterocycles. The normalized spacial score (nSPS) is 11.4. The van der Waals surface area contributed by atoms with Crippen molar-refractivity contribution >= 4 is 17.2 Å². The van der Waals surface area contributed by atoms with E-state index in [0.717, 1.165) is 10.9 Å². The molecule has 0 fully saturated rings. The number of ether oxygens (including phenoxy) is 1. The molecule has 0 spiro atoms. The molecule has 3 aromatic rings. The van der Waals surface area contributed by atoms with E-state index in [-0.39, 0.29) is 17.7 Å². The van der Waals surface area contributed by atoms with E-state index in [1.807, 2.05) is 0 Å². The molecule has 140 valence electrons. The topological polar surface area (TPSA) is 98.1 Å². The maximum atomic E-state index is 13.3. The largest absolute Gasteiger partial charge is 0.488 e. The van der Waals surface area contributed by atoms with Gasteiger partial charge in [0.05, 0.1) is 10.4 Å². The average molecular weight is 395 g/mol. The molecule has 0 aliphatic carbocycles. The highest BCUT2D eigenvalue weighted by Gasteiger charge is 2.36. The molecule has 6 nitrogen and oxygen atoms in total. The van der Waals surface area contributed by atoms with Gasteiger partial charge in [-0.1, -0.05) is 12.1 Å². The number of aromatic nitrogens is 2. The Kier molecular flexibility index (Phi) is 5.00. The number of alkyl halides is 3. The lowest BCUT2D eigenvalue weighted by atomic mass is 10.0. The number of amides is 1. The van der Waals surface area contributed by atoms with E-state index in [0.29, 0.717) is 5.75 Å². The Bertz CT molecular complexity index is 1010. The molecule has 27 heavy (non-hydrogen) atoms. The summed E-state index contributed by atoms with van der Waals surface area (Å²) in [5.74, 6) is -0.670. The highest BCUT2D eigenvalue weighted by atomic mass is 32.1. The van der Waals surface area contributed by atoms with E-state index in [2.05, 4.69) is 4.98 Å². The molecule has 0 atom stereocenters. The molecule has 1 aromatic carbocycles. The number of hydrogen-bond acceptors (Lipinski definition) is 5. The van der Waals surface area contributed by atoms with Gasteiger partial charge in [-0.05, 0) is 23.8 Å². The van der Waals surface area contributed by atoms with Gasteiger partial charge < -0.3 is 15.5 Å². The second kappa shape index (κ2) is 7.23. The maximum Gasteiger partial charge on any atom is 0.431 e. The number of thiazole rings is 1. The lowest BCUT2D eigenvalue weighted by molar-refractivity contribution is -0.140. The fraction of sp³-hybridized carbons (Fsp3) is 0.118. The summed E-state index contributed by atoms with van der Waals surface area (Å²) in [6.07, 6.45) is -3.16. The van der Waals surface area contributed by atoms with E-state index >= 15 is 0 Å². The van der Waals surface area contributed by atoms with Crippen LogP contribution in [0.4, 0.5) is 13.2 Å². The van der Waals surface area contributed by atoms with Crippen molar-refractivity contribution in [3.8, 4) is 16.9 Å². The minimum absolute atomic E-state index is 0.145. The Labute approximate surface area is 154 Å². The number of aromatic amines is 1. The van der Waals surface area contributed by atoms with E-state index in [9.17, 15) is 22.8 Å². The maximum absolute atomic E-state index is 13.3. The second-order valence-electron chi connectivity index (χ2n) is 5.44. The molecule has 2 aromatic heterocycles. The van der Waals surface area contributed by atoms with E-state index < -0.39 is 28.9 Å². The molecule has 0 aliphatic rings. The number of nitrogens with two attached hydrogens (primary N) is 1. The SMILES string of the molecule is NC(=O)c1cc(-c2ccc(OCc3cncs3)cc2)c(C(F)(F)F)[nH]c1=O. The first kappa shape index (κ1) is 18.6.